The van der Waals surface area contributed by atoms with Crippen LogP contribution >= 0.6 is 11.8 Å². The summed E-state index contributed by atoms with van der Waals surface area (Å²) in [6.45, 7) is 4.63. The number of thioether (sulfide) groups is 1. The summed E-state index contributed by atoms with van der Waals surface area (Å²) in [7, 11) is 3.36. The van der Waals surface area contributed by atoms with E-state index in [1.807, 2.05) is 62.4 Å². The summed E-state index contributed by atoms with van der Waals surface area (Å²) in [6.07, 6.45) is 2.73. The van der Waals surface area contributed by atoms with Crippen LogP contribution in [-0.4, -0.2) is 36.7 Å². The number of methoxy groups -OCH3 is 1. The largest absolute Gasteiger partial charge is 0.493 e. The molecule has 0 saturated carbocycles. The molecule has 0 spiro atoms. The minimum Gasteiger partial charge on any atom is -0.493 e. The van der Waals surface area contributed by atoms with E-state index in [1.165, 1.54) is 11.8 Å². The summed E-state index contributed by atoms with van der Waals surface area (Å²) in [6, 6.07) is 13.5. The van der Waals surface area contributed by atoms with Gasteiger partial charge >= 0.3 is 0 Å². The third-order valence-corrected chi connectivity index (χ3v) is 5.36. The van der Waals surface area contributed by atoms with E-state index >= 15 is 0 Å². The molecule has 1 saturated heterocycles. The number of hydrogen-bond acceptors (Lipinski definition) is 5. The molecule has 28 heavy (non-hydrogen) atoms. The highest BCUT2D eigenvalue weighted by Gasteiger charge is 2.31. The van der Waals surface area contributed by atoms with Crippen LogP contribution in [-0.2, 0) is 4.79 Å². The predicted octanol–water partition coefficient (Wildman–Crippen LogP) is 5.03. The van der Waals surface area contributed by atoms with Crippen LogP contribution in [0.2, 0.25) is 0 Å². The van der Waals surface area contributed by atoms with Gasteiger partial charge in [-0.2, -0.15) is 0 Å². The number of carbonyl (C=O) groups excluding carboxylic acids is 1. The molecule has 1 fully saturated rings. The van der Waals surface area contributed by atoms with E-state index in [9.17, 15) is 4.79 Å². The van der Waals surface area contributed by atoms with E-state index in [2.05, 4.69) is 4.99 Å². The number of para-hydroxylation sites is 2. The first kappa shape index (κ1) is 20.0. The van der Waals surface area contributed by atoms with Crippen molar-refractivity contribution in [3.63, 3.8) is 0 Å². The van der Waals surface area contributed by atoms with Crippen molar-refractivity contribution < 1.29 is 14.3 Å². The van der Waals surface area contributed by atoms with E-state index in [0.717, 1.165) is 23.2 Å². The number of likely N-dealkylation sites (N-methyl/N-ethyl adjacent to an activating group) is 1. The van der Waals surface area contributed by atoms with Crippen molar-refractivity contribution in [2.45, 2.75) is 20.3 Å². The quantitative estimate of drug-likeness (QED) is 0.643. The van der Waals surface area contributed by atoms with Gasteiger partial charge < -0.3 is 9.47 Å². The highest BCUT2D eigenvalue weighted by Crippen LogP contribution is 2.38. The third kappa shape index (κ3) is 4.22. The number of amidine groups is 1. The Morgan fingerprint density at radius 1 is 1.18 bits per heavy atom. The van der Waals surface area contributed by atoms with Gasteiger partial charge in [0.1, 0.15) is 0 Å². The molecule has 1 aliphatic heterocycles. The number of carbonyl (C=O) groups is 1. The molecule has 1 heterocycles. The first-order valence-electron chi connectivity index (χ1n) is 9.17. The van der Waals surface area contributed by atoms with Gasteiger partial charge in [-0.25, -0.2) is 4.99 Å². The maximum atomic E-state index is 12.8. The van der Waals surface area contributed by atoms with Crippen molar-refractivity contribution >= 4 is 34.6 Å². The van der Waals surface area contributed by atoms with Crippen LogP contribution in [0.25, 0.3) is 6.08 Å². The van der Waals surface area contributed by atoms with Gasteiger partial charge in [0.25, 0.3) is 5.91 Å². The second kappa shape index (κ2) is 8.97. The maximum absolute atomic E-state index is 12.8. The Morgan fingerprint density at radius 2 is 1.96 bits per heavy atom. The molecule has 6 heteroatoms. The lowest BCUT2D eigenvalue weighted by Gasteiger charge is -2.13. The predicted molar refractivity (Wildman–Crippen MR) is 115 cm³/mol. The second-order valence-corrected chi connectivity index (χ2v) is 7.39. The van der Waals surface area contributed by atoms with Gasteiger partial charge in [-0.15, -0.1) is 0 Å². The van der Waals surface area contributed by atoms with Gasteiger partial charge in [0.05, 0.1) is 24.3 Å². The Morgan fingerprint density at radius 3 is 2.68 bits per heavy atom. The number of hydrogen-bond donors (Lipinski definition) is 0. The molecule has 1 amide bonds. The summed E-state index contributed by atoms with van der Waals surface area (Å²) in [5, 5.41) is 0.657. The SMILES string of the molecule is CCCOc1c(/C=C2/SC(=Nc3ccccc3C)N(C)C2=O)cccc1OC. The Bertz CT molecular complexity index is 937. The zero-order valence-corrected chi connectivity index (χ0v) is 17.4. The van der Waals surface area contributed by atoms with E-state index < -0.39 is 0 Å². The molecular weight excluding hydrogens is 372 g/mol. The summed E-state index contributed by atoms with van der Waals surface area (Å²) >= 11 is 1.36. The number of ether oxygens (including phenoxy) is 2. The zero-order chi connectivity index (χ0) is 20.1. The zero-order valence-electron chi connectivity index (χ0n) is 16.6. The fourth-order valence-corrected chi connectivity index (χ4v) is 3.72. The van der Waals surface area contributed by atoms with E-state index in [-0.39, 0.29) is 5.91 Å². The number of aliphatic imine (C=N–C) groups is 1. The van der Waals surface area contributed by atoms with Crippen LogP contribution in [0, 0.1) is 6.92 Å². The van der Waals surface area contributed by atoms with Crippen molar-refractivity contribution in [1.82, 2.24) is 4.90 Å². The third-order valence-electron chi connectivity index (χ3n) is 4.30. The Balaban J connectivity index is 1.96. The van der Waals surface area contributed by atoms with E-state index in [0.29, 0.717) is 28.2 Å². The average molecular weight is 397 g/mol. The molecule has 0 radical (unpaired) electrons. The number of nitrogens with zero attached hydrogens (tertiary/aromatic N) is 2. The van der Waals surface area contributed by atoms with E-state index in [1.54, 1.807) is 19.1 Å². The molecule has 0 bridgehead atoms. The van der Waals surface area contributed by atoms with Crippen LogP contribution in [0.15, 0.2) is 52.4 Å². The first-order valence-corrected chi connectivity index (χ1v) is 9.98. The smallest absolute Gasteiger partial charge is 0.266 e. The Labute approximate surface area is 170 Å². The lowest BCUT2D eigenvalue weighted by Crippen LogP contribution is -2.23. The number of benzene rings is 2. The molecule has 2 aromatic rings. The van der Waals surface area contributed by atoms with Gasteiger partial charge in [0.15, 0.2) is 16.7 Å². The van der Waals surface area contributed by atoms with Gasteiger partial charge in [-0.05, 0) is 48.9 Å². The molecule has 0 aromatic heterocycles. The number of aryl methyl sites for hydroxylation is 1. The van der Waals surface area contributed by atoms with Crippen molar-refractivity contribution in [2.24, 2.45) is 4.99 Å². The highest BCUT2D eigenvalue weighted by atomic mass is 32.2. The molecular formula is C22H24N2O3S. The molecule has 2 aromatic carbocycles. The molecule has 3 rings (SSSR count). The monoisotopic (exact) mass is 396 g/mol. The van der Waals surface area contributed by atoms with E-state index in [4.69, 9.17) is 9.47 Å². The van der Waals surface area contributed by atoms with Crippen molar-refractivity contribution in [3.05, 3.63) is 58.5 Å². The van der Waals surface area contributed by atoms with Crippen LogP contribution in [0.5, 0.6) is 11.5 Å². The Hall–Kier alpha value is -2.73. The van der Waals surface area contributed by atoms with Crippen molar-refractivity contribution in [1.29, 1.82) is 0 Å². The molecule has 0 aliphatic carbocycles. The van der Waals surface area contributed by atoms with Gasteiger partial charge in [0.2, 0.25) is 0 Å². The first-order chi connectivity index (χ1) is 13.5. The second-order valence-electron chi connectivity index (χ2n) is 6.38. The summed E-state index contributed by atoms with van der Waals surface area (Å²) in [5.74, 6) is 1.22. The van der Waals surface area contributed by atoms with Gasteiger partial charge in [-0.3, -0.25) is 9.69 Å². The van der Waals surface area contributed by atoms with Gasteiger partial charge in [0, 0.05) is 12.6 Å². The summed E-state index contributed by atoms with van der Waals surface area (Å²) in [4.78, 5) is 19.6. The highest BCUT2D eigenvalue weighted by molar-refractivity contribution is 8.18. The Kier molecular flexibility index (Phi) is 6.41. The number of amides is 1. The summed E-state index contributed by atoms with van der Waals surface area (Å²) < 4.78 is 11.3. The maximum Gasteiger partial charge on any atom is 0.266 e. The lowest BCUT2D eigenvalue weighted by atomic mass is 10.1. The van der Waals surface area contributed by atoms with Crippen molar-refractivity contribution in [3.8, 4) is 11.5 Å². The lowest BCUT2D eigenvalue weighted by molar-refractivity contribution is -0.121. The fourth-order valence-electron chi connectivity index (χ4n) is 2.75. The van der Waals surface area contributed by atoms with Crippen LogP contribution < -0.4 is 9.47 Å². The molecule has 5 nitrogen and oxygen atoms in total. The molecule has 146 valence electrons. The number of rotatable bonds is 6. The van der Waals surface area contributed by atoms with Crippen LogP contribution in [0.4, 0.5) is 5.69 Å². The van der Waals surface area contributed by atoms with Crippen LogP contribution in [0.3, 0.4) is 0 Å². The standard InChI is InChI=1S/C22H24N2O3S/c1-5-13-27-20-16(10-8-12-18(20)26-4)14-19-21(25)24(3)22(28-19)23-17-11-7-6-9-15(17)2/h6-12,14H,5,13H2,1-4H3/b19-14+,23-22?. The minimum absolute atomic E-state index is 0.0819. The molecule has 1 aliphatic rings. The normalized spacial score (nSPS) is 16.9. The average Bonchev–Trinajstić information content (AvgIpc) is 2.96. The molecule has 0 N–H and O–H groups in total. The minimum atomic E-state index is -0.0819. The van der Waals surface area contributed by atoms with Crippen LogP contribution in [0.1, 0.15) is 24.5 Å². The summed E-state index contributed by atoms with van der Waals surface area (Å²) in [5.41, 5.74) is 2.74. The molecule has 0 atom stereocenters. The van der Waals surface area contributed by atoms with Crippen molar-refractivity contribution in [2.75, 3.05) is 20.8 Å². The topological polar surface area (TPSA) is 51.1 Å². The fraction of sp³-hybridized carbons (Fsp3) is 0.273. The van der Waals surface area contributed by atoms with Gasteiger partial charge in [-0.1, -0.05) is 37.3 Å². The molecule has 0 unspecified atom stereocenters.